The van der Waals surface area contributed by atoms with E-state index in [1.54, 1.807) is 12.1 Å². The molecular formula is C88H57I2N9O2. The molecule has 0 aliphatic carbocycles. The van der Waals surface area contributed by atoms with Crippen LogP contribution >= 0.6 is 45.2 Å². The Morgan fingerprint density at radius 1 is 0.287 bits per heavy atom. The Morgan fingerprint density at radius 2 is 0.644 bits per heavy atom. The van der Waals surface area contributed by atoms with Gasteiger partial charge in [0, 0.05) is 72.4 Å². The van der Waals surface area contributed by atoms with Crippen LogP contribution < -0.4 is 5.56 Å². The Labute approximate surface area is 603 Å². The fraction of sp³-hybridized carbons (Fsp3) is 0.0114. The maximum Gasteiger partial charge on any atom is 0.259 e. The number of para-hydroxylation sites is 1. The van der Waals surface area contributed by atoms with E-state index >= 15 is 0 Å². The van der Waals surface area contributed by atoms with Crippen molar-refractivity contribution >= 4 is 186 Å². The molecule has 0 atom stereocenters. The highest BCUT2D eigenvalue weighted by atomic mass is 127. The van der Waals surface area contributed by atoms with Gasteiger partial charge in [0.15, 0.2) is 0 Å². The lowest BCUT2D eigenvalue weighted by atomic mass is 10.0. The Bertz CT molecular complexity index is 6750. The zero-order valence-corrected chi connectivity index (χ0v) is 58.4. The Hall–Kier alpha value is -12.1. The summed E-state index contributed by atoms with van der Waals surface area (Å²) in [5.74, 6) is 3.45. The first-order valence-electron chi connectivity index (χ1n) is 33.2. The number of phenolic OH excluding ortho intramolecular Hbond substituents is 1. The summed E-state index contributed by atoms with van der Waals surface area (Å²) < 4.78 is 2.39. The van der Waals surface area contributed by atoms with E-state index in [0.29, 0.717) is 11.4 Å². The number of aryl methyl sites for hydroxylation is 1. The lowest BCUT2D eigenvalue weighted by Crippen LogP contribution is -2.09. The molecule has 0 aliphatic rings. The highest BCUT2D eigenvalue weighted by Gasteiger charge is 2.20. The molecule has 5 heterocycles. The number of imidazole rings is 4. The number of nitrogens with one attached hydrogen (secondary N) is 5. The summed E-state index contributed by atoms with van der Waals surface area (Å²) in [4.78, 5) is 49.3. The van der Waals surface area contributed by atoms with Gasteiger partial charge in [-0.2, -0.15) is 0 Å². The number of phenols is 1. The fourth-order valence-electron chi connectivity index (χ4n) is 14.5. The molecule has 0 spiro atoms. The second-order valence-electron chi connectivity index (χ2n) is 25.2. The number of aromatic nitrogens is 9. The summed E-state index contributed by atoms with van der Waals surface area (Å²) in [6.07, 6.45) is 0. The Balaban J connectivity index is 0.0000000969. The summed E-state index contributed by atoms with van der Waals surface area (Å²) in [5, 5.41) is 29.9. The number of hydrogen-bond acceptors (Lipinski definition) is 6. The molecule has 13 heteroatoms. The van der Waals surface area contributed by atoms with Crippen molar-refractivity contribution in [3.8, 4) is 51.3 Å². The molecule has 21 aromatic rings. The highest BCUT2D eigenvalue weighted by molar-refractivity contribution is 14.1. The molecule has 11 nitrogen and oxygen atoms in total. The van der Waals surface area contributed by atoms with Gasteiger partial charge in [0.05, 0.1) is 49.7 Å². The van der Waals surface area contributed by atoms with Crippen LogP contribution in [0.25, 0.3) is 187 Å². The third-order valence-electron chi connectivity index (χ3n) is 19.2. The molecule has 16 aromatic carbocycles. The molecule has 0 saturated heterocycles. The topological polar surface area (TPSA) is 168 Å². The quantitative estimate of drug-likeness (QED) is 0.0758. The molecule has 21 rings (SSSR count). The second-order valence-corrected chi connectivity index (χ2v) is 27.7. The molecule has 0 bridgehead atoms. The van der Waals surface area contributed by atoms with Gasteiger partial charge in [-0.15, -0.1) is 0 Å². The number of rotatable bonds is 4. The number of H-pyrrole nitrogens is 5. The number of aromatic hydroxyl groups is 1. The highest BCUT2D eigenvalue weighted by Crippen LogP contribution is 2.41. The second kappa shape index (κ2) is 25.4. The van der Waals surface area contributed by atoms with Crippen LogP contribution in [0.15, 0.2) is 296 Å². The lowest BCUT2D eigenvalue weighted by Gasteiger charge is -2.06. The first kappa shape index (κ1) is 61.3. The van der Waals surface area contributed by atoms with E-state index in [2.05, 4.69) is 289 Å². The van der Waals surface area contributed by atoms with Crippen molar-refractivity contribution in [2.24, 2.45) is 0 Å². The minimum absolute atomic E-state index is 0.147. The van der Waals surface area contributed by atoms with Gasteiger partial charge in [-0.1, -0.05) is 243 Å². The molecule has 101 heavy (non-hydrogen) atoms. The number of pyridine rings is 1. The molecule has 0 aliphatic heterocycles. The van der Waals surface area contributed by atoms with Crippen molar-refractivity contribution in [2.45, 2.75) is 6.92 Å². The molecule has 0 unspecified atom stereocenters. The maximum atomic E-state index is 12.7. The zero-order chi connectivity index (χ0) is 67.8. The molecule has 0 radical (unpaired) electrons. The van der Waals surface area contributed by atoms with Crippen molar-refractivity contribution in [1.29, 1.82) is 0 Å². The normalized spacial score (nSPS) is 11.6. The van der Waals surface area contributed by atoms with Gasteiger partial charge in [-0.3, -0.25) is 4.79 Å². The van der Waals surface area contributed by atoms with Gasteiger partial charge in [0.2, 0.25) is 0 Å². The number of aromatic amines is 5. The number of benzene rings is 16. The van der Waals surface area contributed by atoms with E-state index < -0.39 is 0 Å². The predicted octanol–water partition coefficient (Wildman–Crippen LogP) is 23.2. The van der Waals surface area contributed by atoms with E-state index in [1.165, 1.54) is 72.0 Å². The van der Waals surface area contributed by atoms with Gasteiger partial charge in [-0.25, -0.2) is 19.9 Å². The standard InChI is InChI=1S/C24H15N3O.C22H16N2.C21H13IN2O.C21H13IN2/c28-24-19(13-14-7-1-6-12-20(14)25-24)23-26-21-17-10-4-2-8-15(17)16-9-3-5-11-18(16)22(21)27-23;1-14-8-2-3-9-15(14)22-23-20-18-12-6-4-10-16(18)17-11-5-7-13-19(17)21(20)24-22;22-13-8-9-16-15-6-1-2-7-17(15)19-20(18(16)11-13)24-21(23-19)12-4-3-5-14(25)10-12;22-14-7-5-6-13(12-14)21-23-19-17-10-3-1-8-15(17)16-9-2-4-11-18(16)20(19)24-21/h1-13H,(H,25,28)(H,26,27);2-13H,1H3,(H,23,24);1-11,25H,(H,23,24);1-12H,(H,23,24). The predicted molar refractivity (Wildman–Crippen MR) is 436 cm³/mol. The molecular weight excluding hydrogens is 1470 g/mol. The number of hydrogen-bond donors (Lipinski definition) is 6. The third-order valence-corrected chi connectivity index (χ3v) is 20.5. The smallest absolute Gasteiger partial charge is 0.259 e. The molecule has 0 amide bonds. The minimum Gasteiger partial charge on any atom is -0.508 e. The summed E-state index contributed by atoms with van der Waals surface area (Å²) in [6.45, 7) is 2.12. The zero-order valence-electron chi connectivity index (χ0n) is 54.1. The SMILES string of the molecule is Cc1ccccc1-c1nc2c3ccccc3c3ccccc3c2[nH]1.Ic1cccc(-c2nc3c4ccccc4c4ccccc4c3[nH]2)c1.O=c1[nH]c2ccccc2cc1-c1nc2c3ccccc3c3ccccc3c2[nH]1.Oc1cccc(-c2nc3c4cc(I)ccc4c4ccccc4c3[nH]2)c1. The van der Waals surface area contributed by atoms with Crippen LogP contribution in [-0.2, 0) is 0 Å². The van der Waals surface area contributed by atoms with E-state index in [-0.39, 0.29) is 11.3 Å². The lowest BCUT2D eigenvalue weighted by molar-refractivity contribution is 0.475. The van der Waals surface area contributed by atoms with Crippen LogP contribution in [0.2, 0.25) is 0 Å². The third kappa shape index (κ3) is 10.9. The van der Waals surface area contributed by atoms with Gasteiger partial charge in [0.1, 0.15) is 29.0 Å². The van der Waals surface area contributed by atoms with E-state index in [4.69, 9.17) is 19.9 Å². The Morgan fingerprint density at radius 3 is 1.12 bits per heavy atom. The van der Waals surface area contributed by atoms with Crippen molar-refractivity contribution < 1.29 is 5.11 Å². The molecule has 5 aromatic heterocycles. The molecule has 0 saturated carbocycles. The Kier molecular flexibility index (Phi) is 15.4. The number of nitrogens with zero attached hydrogens (tertiary/aromatic N) is 4. The van der Waals surface area contributed by atoms with Gasteiger partial charge in [0.25, 0.3) is 5.56 Å². The molecule has 480 valence electrons. The number of fused-ring (bicyclic) bond motifs is 25. The summed E-state index contributed by atoms with van der Waals surface area (Å²) in [6, 6.07) is 99.2. The van der Waals surface area contributed by atoms with Crippen LogP contribution in [0.4, 0.5) is 0 Å². The van der Waals surface area contributed by atoms with Gasteiger partial charge >= 0.3 is 0 Å². The van der Waals surface area contributed by atoms with E-state index in [1.807, 2.05) is 66.7 Å². The van der Waals surface area contributed by atoms with Gasteiger partial charge in [-0.05, 0) is 155 Å². The molecule has 0 fully saturated rings. The van der Waals surface area contributed by atoms with Crippen LogP contribution in [0, 0.1) is 14.1 Å². The van der Waals surface area contributed by atoms with Crippen molar-refractivity contribution in [2.75, 3.05) is 0 Å². The summed E-state index contributed by atoms with van der Waals surface area (Å²) >= 11 is 4.67. The van der Waals surface area contributed by atoms with Crippen LogP contribution in [0.1, 0.15) is 5.56 Å². The maximum absolute atomic E-state index is 12.7. The van der Waals surface area contributed by atoms with Crippen LogP contribution in [-0.4, -0.2) is 50.0 Å². The molecule has 6 N–H and O–H groups in total. The van der Waals surface area contributed by atoms with Crippen LogP contribution in [0.3, 0.4) is 0 Å². The van der Waals surface area contributed by atoms with Crippen LogP contribution in [0.5, 0.6) is 5.75 Å². The fourth-order valence-corrected chi connectivity index (χ4v) is 15.5. The van der Waals surface area contributed by atoms with Gasteiger partial charge < -0.3 is 30.0 Å². The van der Waals surface area contributed by atoms with E-state index in [0.717, 1.165) is 116 Å². The van der Waals surface area contributed by atoms with Crippen molar-refractivity contribution in [1.82, 2.24) is 44.9 Å². The number of halogens is 2. The van der Waals surface area contributed by atoms with Crippen molar-refractivity contribution in [3.05, 3.63) is 314 Å². The largest absolute Gasteiger partial charge is 0.508 e. The summed E-state index contributed by atoms with van der Waals surface area (Å²) in [7, 11) is 0. The van der Waals surface area contributed by atoms with E-state index in [9.17, 15) is 9.90 Å². The minimum atomic E-state index is -0.147. The average Bonchev–Trinajstić information content (AvgIpc) is 1.69. The summed E-state index contributed by atoms with van der Waals surface area (Å²) in [5.41, 5.74) is 13.7. The average molecular weight is 1530 g/mol. The first-order chi connectivity index (χ1) is 49.6. The monoisotopic (exact) mass is 1530 g/mol. The first-order valence-corrected chi connectivity index (χ1v) is 35.4. The van der Waals surface area contributed by atoms with Crippen molar-refractivity contribution in [3.63, 3.8) is 0 Å².